The molecule has 1 atom stereocenters. The van der Waals surface area contributed by atoms with E-state index in [0.717, 1.165) is 32.1 Å². The van der Waals surface area contributed by atoms with Gasteiger partial charge in [-0.1, -0.05) is 48.0 Å². The third-order valence-corrected chi connectivity index (χ3v) is 6.62. The molecular formula is C20H38O2. The summed E-state index contributed by atoms with van der Waals surface area (Å²) in [7, 11) is 0. The maximum Gasteiger partial charge on any atom is 0.312 e. The van der Waals surface area contributed by atoms with E-state index >= 15 is 0 Å². The number of rotatable bonds is 7. The number of hydrogen-bond acceptors (Lipinski definition) is 2. The summed E-state index contributed by atoms with van der Waals surface area (Å²) in [4.78, 5) is 13.2. The predicted molar refractivity (Wildman–Crippen MR) is 93.8 cm³/mol. The lowest BCUT2D eigenvalue weighted by molar-refractivity contribution is -0.180. The maximum atomic E-state index is 13.2. The van der Waals surface area contributed by atoms with Crippen molar-refractivity contribution < 1.29 is 9.53 Å². The number of hydrogen-bond donors (Lipinski definition) is 0. The van der Waals surface area contributed by atoms with Crippen LogP contribution in [-0.4, -0.2) is 11.6 Å². The van der Waals surface area contributed by atoms with E-state index in [9.17, 15) is 4.79 Å². The van der Waals surface area contributed by atoms with Crippen molar-refractivity contribution in [3.63, 3.8) is 0 Å². The van der Waals surface area contributed by atoms with E-state index in [2.05, 4.69) is 55.4 Å². The molecule has 130 valence electrons. The molecule has 0 amide bonds. The second-order valence-electron chi connectivity index (χ2n) is 9.31. The van der Waals surface area contributed by atoms with Gasteiger partial charge >= 0.3 is 5.97 Å². The van der Waals surface area contributed by atoms with Crippen molar-refractivity contribution in [3.05, 3.63) is 0 Å². The number of esters is 1. The van der Waals surface area contributed by atoms with Gasteiger partial charge in [-0.3, -0.25) is 4.79 Å². The fourth-order valence-electron chi connectivity index (χ4n) is 3.62. The molecule has 0 radical (unpaired) electrons. The Morgan fingerprint density at radius 2 is 1.50 bits per heavy atom. The molecule has 0 saturated heterocycles. The molecule has 0 aromatic carbocycles. The van der Waals surface area contributed by atoms with Crippen LogP contribution in [0.5, 0.6) is 0 Å². The molecule has 1 aliphatic carbocycles. The van der Waals surface area contributed by atoms with Crippen LogP contribution in [0.2, 0.25) is 0 Å². The molecule has 1 unspecified atom stereocenters. The molecular weight excluding hydrogens is 272 g/mol. The first-order chi connectivity index (χ1) is 9.91. The molecule has 1 fully saturated rings. The molecule has 1 rings (SSSR count). The Kier molecular flexibility index (Phi) is 5.79. The van der Waals surface area contributed by atoms with Gasteiger partial charge in [0.1, 0.15) is 5.60 Å². The molecule has 0 spiro atoms. The molecule has 1 saturated carbocycles. The standard InChI is InChI=1S/C20H38O2/c1-9-17(3,4)15-20(8,18(5,6)10-2)16(21)22-19(7)13-11-12-14-19/h9-15H2,1-8H3. The smallest absolute Gasteiger partial charge is 0.312 e. The van der Waals surface area contributed by atoms with Crippen LogP contribution >= 0.6 is 0 Å². The number of carbonyl (C=O) groups excluding carboxylic acids is 1. The lowest BCUT2D eigenvalue weighted by Gasteiger charge is -2.47. The van der Waals surface area contributed by atoms with Crippen LogP contribution < -0.4 is 0 Å². The van der Waals surface area contributed by atoms with E-state index in [-0.39, 0.29) is 22.4 Å². The van der Waals surface area contributed by atoms with Crippen LogP contribution in [0.3, 0.4) is 0 Å². The largest absolute Gasteiger partial charge is 0.459 e. The van der Waals surface area contributed by atoms with Crippen molar-refractivity contribution in [2.24, 2.45) is 16.2 Å². The third kappa shape index (κ3) is 4.06. The number of ether oxygens (including phenoxy) is 1. The van der Waals surface area contributed by atoms with Gasteiger partial charge in [0.15, 0.2) is 0 Å². The van der Waals surface area contributed by atoms with Gasteiger partial charge in [0, 0.05) is 0 Å². The van der Waals surface area contributed by atoms with Crippen molar-refractivity contribution in [3.8, 4) is 0 Å². The van der Waals surface area contributed by atoms with E-state index in [1.54, 1.807) is 0 Å². The summed E-state index contributed by atoms with van der Waals surface area (Å²) in [6, 6.07) is 0. The van der Waals surface area contributed by atoms with Gasteiger partial charge in [0.25, 0.3) is 0 Å². The highest BCUT2D eigenvalue weighted by molar-refractivity contribution is 5.78. The van der Waals surface area contributed by atoms with Crippen LogP contribution in [0.4, 0.5) is 0 Å². The average molecular weight is 311 g/mol. The predicted octanol–water partition coefficient (Wildman–Crippen LogP) is 6.13. The van der Waals surface area contributed by atoms with Crippen LogP contribution in [0, 0.1) is 16.2 Å². The van der Waals surface area contributed by atoms with Gasteiger partial charge in [-0.15, -0.1) is 0 Å². The normalized spacial score (nSPS) is 21.5. The Morgan fingerprint density at radius 3 is 1.91 bits per heavy atom. The second-order valence-corrected chi connectivity index (χ2v) is 9.31. The maximum absolute atomic E-state index is 13.2. The van der Waals surface area contributed by atoms with Gasteiger partial charge in [0.05, 0.1) is 5.41 Å². The van der Waals surface area contributed by atoms with Crippen molar-refractivity contribution >= 4 is 5.97 Å². The monoisotopic (exact) mass is 310 g/mol. The Balaban J connectivity index is 3.06. The van der Waals surface area contributed by atoms with E-state index in [0.29, 0.717) is 0 Å². The van der Waals surface area contributed by atoms with Crippen molar-refractivity contribution in [1.82, 2.24) is 0 Å². The Hall–Kier alpha value is -0.530. The molecule has 0 heterocycles. The van der Waals surface area contributed by atoms with Crippen molar-refractivity contribution in [1.29, 1.82) is 0 Å². The highest BCUT2D eigenvalue weighted by atomic mass is 16.6. The second kappa shape index (κ2) is 6.53. The quantitative estimate of drug-likeness (QED) is 0.529. The zero-order valence-corrected chi connectivity index (χ0v) is 16.3. The Labute approximate surface area is 138 Å². The zero-order chi connectivity index (χ0) is 17.2. The van der Waals surface area contributed by atoms with E-state index in [4.69, 9.17) is 4.74 Å². The highest BCUT2D eigenvalue weighted by Gasteiger charge is 2.51. The third-order valence-electron chi connectivity index (χ3n) is 6.62. The molecule has 2 nitrogen and oxygen atoms in total. The zero-order valence-electron chi connectivity index (χ0n) is 16.3. The molecule has 0 aromatic rings. The Bertz CT molecular complexity index is 389. The summed E-state index contributed by atoms with van der Waals surface area (Å²) in [6.45, 7) is 17.6. The average Bonchev–Trinajstić information content (AvgIpc) is 2.84. The number of carbonyl (C=O) groups is 1. The summed E-state index contributed by atoms with van der Waals surface area (Å²) in [5.74, 6) is 0.0188. The van der Waals surface area contributed by atoms with Crippen LogP contribution in [0.1, 0.15) is 100 Å². The van der Waals surface area contributed by atoms with Crippen molar-refractivity contribution in [2.75, 3.05) is 0 Å². The van der Waals surface area contributed by atoms with Crippen molar-refractivity contribution in [2.45, 2.75) is 106 Å². The first-order valence-corrected chi connectivity index (χ1v) is 9.15. The lowest BCUT2D eigenvalue weighted by atomic mass is 9.58. The van der Waals surface area contributed by atoms with Gasteiger partial charge in [-0.25, -0.2) is 0 Å². The van der Waals surface area contributed by atoms with Gasteiger partial charge < -0.3 is 4.74 Å². The lowest BCUT2D eigenvalue weighted by Crippen LogP contribution is -2.48. The SMILES string of the molecule is CCC(C)(C)CC(C)(C(=O)OC1(C)CCCC1)C(C)(C)CC. The van der Waals surface area contributed by atoms with E-state index < -0.39 is 5.41 Å². The minimum absolute atomic E-state index is 0.0188. The van der Waals surface area contributed by atoms with Crippen LogP contribution in [0.25, 0.3) is 0 Å². The summed E-state index contributed by atoms with van der Waals surface area (Å²) < 4.78 is 6.10. The molecule has 1 aliphatic rings. The first-order valence-electron chi connectivity index (χ1n) is 9.15. The van der Waals surface area contributed by atoms with Gasteiger partial charge in [0.2, 0.25) is 0 Å². The summed E-state index contributed by atoms with van der Waals surface area (Å²) >= 11 is 0. The van der Waals surface area contributed by atoms with Gasteiger partial charge in [-0.05, 0) is 63.2 Å². The molecule has 2 heteroatoms. The van der Waals surface area contributed by atoms with Gasteiger partial charge in [-0.2, -0.15) is 0 Å². The van der Waals surface area contributed by atoms with E-state index in [1.165, 1.54) is 12.8 Å². The summed E-state index contributed by atoms with van der Waals surface area (Å²) in [5.41, 5.74) is -0.590. The minimum Gasteiger partial charge on any atom is -0.459 e. The van der Waals surface area contributed by atoms with Crippen LogP contribution in [-0.2, 0) is 9.53 Å². The summed E-state index contributed by atoms with van der Waals surface area (Å²) in [6.07, 6.45) is 7.32. The summed E-state index contributed by atoms with van der Waals surface area (Å²) in [5, 5.41) is 0. The molecule has 0 bridgehead atoms. The molecule has 0 N–H and O–H groups in total. The first kappa shape index (κ1) is 19.5. The van der Waals surface area contributed by atoms with E-state index in [1.807, 2.05) is 0 Å². The molecule has 22 heavy (non-hydrogen) atoms. The fourth-order valence-corrected chi connectivity index (χ4v) is 3.62. The fraction of sp³-hybridized carbons (Fsp3) is 0.950. The molecule has 0 aromatic heterocycles. The minimum atomic E-state index is -0.438. The topological polar surface area (TPSA) is 26.3 Å². The Morgan fingerprint density at radius 1 is 1.00 bits per heavy atom. The van der Waals surface area contributed by atoms with Crippen LogP contribution in [0.15, 0.2) is 0 Å². The molecule has 0 aliphatic heterocycles. The highest BCUT2D eigenvalue weighted by Crippen LogP contribution is 2.51.